The molecule has 2 heterocycles. The number of ketones is 1. The van der Waals surface area contributed by atoms with Crippen LogP contribution in [0.1, 0.15) is 85.6 Å². The summed E-state index contributed by atoms with van der Waals surface area (Å²) >= 11 is 0. The van der Waals surface area contributed by atoms with Crippen LogP contribution in [0.2, 0.25) is 0 Å². The van der Waals surface area contributed by atoms with Gasteiger partial charge in [0.1, 0.15) is 30.3 Å². The van der Waals surface area contributed by atoms with Crippen molar-refractivity contribution >= 4 is 35.4 Å². The number of amides is 4. The van der Waals surface area contributed by atoms with Gasteiger partial charge in [-0.1, -0.05) is 64.4 Å². The van der Waals surface area contributed by atoms with Crippen LogP contribution >= 0.6 is 0 Å². The molecular weight excluding hydrogens is 642 g/mol. The number of Topliss-reactive ketones (excluding diaryl/α,β-unsaturated/α-hetero) is 1. The zero-order valence-electron chi connectivity index (χ0n) is 30.5. The monoisotopic (exact) mass is 699 g/mol. The predicted molar refractivity (Wildman–Crippen MR) is 188 cm³/mol. The zero-order valence-corrected chi connectivity index (χ0v) is 30.5. The average molecular weight is 700 g/mol. The van der Waals surface area contributed by atoms with Gasteiger partial charge in [0.15, 0.2) is 5.78 Å². The summed E-state index contributed by atoms with van der Waals surface area (Å²) in [4.78, 5) is 81.3. The summed E-state index contributed by atoms with van der Waals surface area (Å²) in [5.74, 6) is -3.04. The number of likely N-dealkylation sites (tertiary alicyclic amines) is 1. The molecule has 1 aromatic rings. The molecule has 13 nitrogen and oxygen atoms in total. The molecule has 0 aromatic heterocycles. The number of epoxide rings is 1. The van der Waals surface area contributed by atoms with E-state index in [0.29, 0.717) is 19.3 Å². The highest BCUT2D eigenvalue weighted by molar-refractivity contribution is 5.98. The fraction of sp³-hybridized carbons (Fsp3) is 0.676. The predicted octanol–water partition coefficient (Wildman–Crippen LogP) is 2.06. The van der Waals surface area contributed by atoms with Crippen molar-refractivity contribution in [2.75, 3.05) is 32.8 Å². The zero-order chi connectivity index (χ0) is 36.8. The third kappa shape index (κ3) is 13.8. The molecule has 0 aliphatic carbocycles. The van der Waals surface area contributed by atoms with Crippen LogP contribution in [0.25, 0.3) is 0 Å². The minimum atomic E-state index is -1.35. The largest absolute Gasteiger partial charge is 0.462 e. The summed E-state index contributed by atoms with van der Waals surface area (Å²) in [6, 6.07) is 5.34. The number of hydrogen-bond acceptors (Lipinski definition) is 9. The Morgan fingerprint density at radius 2 is 1.32 bits per heavy atom. The summed E-state index contributed by atoms with van der Waals surface area (Å²) in [5, 5.41) is 10.9. The van der Waals surface area contributed by atoms with Crippen LogP contribution in [-0.2, 0) is 44.7 Å². The summed E-state index contributed by atoms with van der Waals surface area (Å²) in [5.41, 5.74) is 0.0108. The molecule has 3 rings (SSSR count). The number of benzene rings is 1. The van der Waals surface area contributed by atoms with Crippen LogP contribution < -0.4 is 21.3 Å². The Balaban J connectivity index is 1.77. The second-order valence-corrected chi connectivity index (χ2v) is 14.6. The van der Waals surface area contributed by atoms with Crippen molar-refractivity contribution in [1.82, 2.24) is 26.2 Å². The highest BCUT2D eigenvalue weighted by Gasteiger charge is 2.50. The van der Waals surface area contributed by atoms with Gasteiger partial charge in [0.2, 0.25) is 23.6 Å². The fourth-order valence-corrected chi connectivity index (χ4v) is 6.02. The lowest BCUT2D eigenvalue weighted by Gasteiger charge is -2.28. The first-order chi connectivity index (χ1) is 23.7. The topological polar surface area (TPSA) is 176 Å². The molecule has 2 fully saturated rings. The Hall–Kier alpha value is -3.84. The molecule has 0 bridgehead atoms. The molecule has 2 aliphatic rings. The number of esters is 1. The van der Waals surface area contributed by atoms with Crippen LogP contribution in [0, 0.1) is 11.8 Å². The van der Waals surface area contributed by atoms with Gasteiger partial charge < -0.3 is 30.7 Å². The van der Waals surface area contributed by atoms with E-state index in [1.807, 2.05) is 62.9 Å². The van der Waals surface area contributed by atoms with E-state index in [1.165, 1.54) is 6.92 Å². The van der Waals surface area contributed by atoms with Crippen LogP contribution in [0.3, 0.4) is 0 Å². The number of nitrogens with zero attached hydrogens (tertiary/aromatic N) is 1. The van der Waals surface area contributed by atoms with Gasteiger partial charge in [-0.3, -0.25) is 33.7 Å². The molecule has 278 valence electrons. The highest BCUT2D eigenvalue weighted by atomic mass is 16.6. The quantitative estimate of drug-likeness (QED) is 0.117. The molecule has 2 aliphatic heterocycles. The molecule has 1 unspecified atom stereocenters. The van der Waals surface area contributed by atoms with Gasteiger partial charge >= 0.3 is 5.97 Å². The van der Waals surface area contributed by atoms with Crippen molar-refractivity contribution in [3.05, 3.63) is 35.9 Å². The number of rotatable bonds is 20. The lowest BCUT2D eigenvalue weighted by atomic mass is 9.93. The van der Waals surface area contributed by atoms with E-state index in [9.17, 15) is 28.8 Å². The summed E-state index contributed by atoms with van der Waals surface area (Å²) < 4.78 is 10.9. The van der Waals surface area contributed by atoms with E-state index in [4.69, 9.17) is 9.47 Å². The number of carbonyl (C=O) groups is 6. The first kappa shape index (κ1) is 40.6. The molecule has 13 heteroatoms. The summed E-state index contributed by atoms with van der Waals surface area (Å²) in [6.07, 6.45) is 4.48. The molecule has 5 atom stereocenters. The normalized spacial score (nSPS) is 19.8. The van der Waals surface area contributed by atoms with Crippen molar-refractivity contribution < 1.29 is 38.2 Å². The Kier molecular flexibility index (Phi) is 15.8. The molecule has 0 saturated carbocycles. The molecule has 0 radical (unpaired) electrons. The van der Waals surface area contributed by atoms with Gasteiger partial charge in [-0.05, 0) is 75.9 Å². The van der Waals surface area contributed by atoms with Gasteiger partial charge in [-0.15, -0.1) is 0 Å². The van der Waals surface area contributed by atoms with Crippen molar-refractivity contribution in [3.8, 4) is 0 Å². The minimum absolute atomic E-state index is 0.0310. The fourth-order valence-electron chi connectivity index (χ4n) is 6.02. The Morgan fingerprint density at radius 1 is 0.780 bits per heavy atom. The standard InChI is InChI=1S/C37H57N5O8/c1-24(2)19-29(33(45)37(6)23-50-37)39-36(48)31(22-49-32(44)21-42-17-11-8-12-18-42)41-35(47)30(20-25(3)4)40-34(46)28(38-26(5)43)16-15-27-13-9-7-10-14-27/h7,9-10,13-14,24-25,28-31H,8,11-12,15-23H2,1-6H3,(H,38,43)(H,39,48)(H,40,46)(H,41,47)/t28-,29?,30-,31-,37+/m0/s1. The first-order valence-electron chi connectivity index (χ1n) is 17.9. The molecule has 50 heavy (non-hydrogen) atoms. The van der Waals surface area contributed by atoms with Gasteiger partial charge in [-0.2, -0.15) is 0 Å². The number of carbonyl (C=O) groups excluding carboxylic acids is 6. The van der Waals surface area contributed by atoms with Crippen molar-refractivity contribution in [1.29, 1.82) is 0 Å². The molecule has 0 spiro atoms. The smallest absolute Gasteiger partial charge is 0.320 e. The Morgan fingerprint density at radius 3 is 1.90 bits per heavy atom. The number of aryl methyl sites for hydroxylation is 1. The van der Waals surface area contributed by atoms with Crippen LogP contribution in [0.15, 0.2) is 30.3 Å². The van der Waals surface area contributed by atoms with Gasteiger partial charge in [0.25, 0.3) is 0 Å². The third-order valence-electron chi connectivity index (χ3n) is 8.88. The summed E-state index contributed by atoms with van der Waals surface area (Å²) in [6.45, 7) is 12.0. The lowest BCUT2D eigenvalue weighted by Crippen LogP contribution is -2.59. The van der Waals surface area contributed by atoms with Crippen molar-refractivity contribution in [2.45, 2.75) is 116 Å². The van der Waals surface area contributed by atoms with E-state index >= 15 is 0 Å². The van der Waals surface area contributed by atoms with E-state index in [1.54, 1.807) is 6.92 Å². The van der Waals surface area contributed by atoms with Gasteiger partial charge in [-0.25, -0.2) is 0 Å². The molecule has 1 aromatic carbocycles. The number of piperidine rings is 1. The van der Waals surface area contributed by atoms with Crippen LogP contribution in [0.5, 0.6) is 0 Å². The minimum Gasteiger partial charge on any atom is -0.462 e. The van der Waals surface area contributed by atoms with E-state index in [-0.39, 0.29) is 43.1 Å². The highest BCUT2D eigenvalue weighted by Crippen LogP contribution is 2.29. The molecule has 4 N–H and O–H groups in total. The molecular formula is C37H57N5O8. The van der Waals surface area contributed by atoms with Crippen molar-refractivity contribution in [3.63, 3.8) is 0 Å². The maximum Gasteiger partial charge on any atom is 0.320 e. The average Bonchev–Trinajstić information content (AvgIpc) is 3.82. The first-order valence-corrected chi connectivity index (χ1v) is 17.9. The third-order valence-corrected chi connectivity index (χ3v) is 8.88. The lowest BCUT2D eigenvalue weighted by molar-refractivity contribution is -0.148. The summed E-state index contributed by atoms with van der Waals surface area (Å²) in [7, 11) is 0. The second-order valence-electron chi connectivity index (χ2n) is 14.6. The number of nitrogens with one attached hydrogen (secondary N) is 4. The maximum atomic E-state index is 13.9. The number of hydrogen-bond donors (Lipinski definition) is 4. The number of ether oxygens (including phenoxy) is 2. The van der Waals surface area contributed by atoms with Crippen LogP contribution in [-0.4, -0.2) is 103 Å². The van der Waals surface area contributed by atoms with E-state index in [2.05, 4.69) is 21.3 Å². The van der Waals surface area contributed by atoms with Crippen molar-refractivity contribution in [2.24, 2.45) is 11.8 Å². The van der Waals surface area contributed by atoms with Gasteiger partial charge in [0.05, 0.1) is 19.2 Å². The SMILES string of the molecule is CC(=O)N[C@@H](CCc1ccccc1)C(=O)N[C@@H](CC(C)C)C(=O)N[C@@H](COC(=O)CN1CCCCC1)C(=O)NC(CC(C)C)C(=O)[C@@]1(C)CO1. The van der Waals surface area contributed by atoms with Gasteiger partial charge in [0, 0.05) is 6.92 Å². The Bertz CT molecular complexity index is 1310. The Labute approximate surface area is 296 Å². The van der Waals surface area contributed by atoms with E-state index < -0.39 is 60.1 Å². The maximum absolute atomic E-state index is 13.9. The van der Waals surface area contributed by atoms with Crippen LogP contribution in [0.4, 0.5) is 0 Å². The molecule has 4 amide bonds. The molecule has 2 saturated heterocycles. The second kappa shape index (κ2) is 19.5. The van der Waals surface area contributed by atoms with E-state index in [0.717, 1.165) is 37.9 Å².